The lowest BCUT2D eigenvalue weighted by atomic mass is 10.1. The van der Waals surface area contributed by atoms with Crippen molar-refractivity contribution in [3.05, 3.63) is 47.5 Å². The number of ether oxygens (including phenoxy) is 2. The van der Waals surface area contributed by atoms with E-state index in [-0.39, 0.29) is 5.02 Å². The fraction of sp³-hybridized carbons (Fsp3) is 0.200. The van der Waals surface area contributed by atoms with Gasteiger partial charge in [0.25, 0.3) is 5.91 Å². The highest BCUT2D eigenvalue weighted by atomic mass is 35.5. The van der Waals surface area contributed by atoms with Crippen LogP contribution in [0.3, 0.4) is 0 Å². The minimum absolute atomic E-state index is 0.0343. The molecule has 2 aromatic carbocycles. The number of anilines is 3. The van der Waals surface area contributed by atoms with Crippen LogP contribution in [0.25, 0.3) is 10.9 Å². The van der Waals surface area contributed by atoms with Crippen LogP contribution < -0.4 is 20.7 Å². The van der Waals surface area contributed by atoms with Crippen LogP contribution >= 0.6 is 11.6 Å². The minimum atomic E-state index is -0.848. The molecular weight excluding hydrogens is 429 g/mol. The lowest BCUT2D eigenvalue weighted by Gasteiger charge is -2.16. The summed E-state index contributed by atoms with van der Waals surface area (Å²) in [7, 11) is 1.46. The number of alkyl carbamates (subject to hydrolysis) is 1. The number of nitrogens with one attached hydrogen (secondary N) is 3. The Kier molecular flexibility index (Phi) is 5.47. The first kappa shape index (κ1) is 20.6. The van der Waals surface area contributed by atoms with Crippen LogP contribution in [-0.2, 0) is 9.53 Å². The van der Waals surface area contributed by atoms with Gasteiger partial charge in [0.2, 0.25) is 0 Å². The molecule has 1 aromatic heterocycles. The van der Waals surface area contributed by atoms with Crippen LogP contribution in [0, 0.1) is 5.82 Å². The van der Waals surface area contributed by atoms with Gasteiger partial charge in [-0.3, -0.25) is 4.79 Å². The molecule has 1 fully saturated rings. The van der Waals surface area contributed by atoms with Crippen molar-refractivity contribution < 1.29 is 23.5 Å². The molecule has 0 radical (unpaired) electrons. The van der Waals surface area contributed by atoms with Crippen molar-refractivity contribution in [3.8, 4) is 5.75 Å². The minimum Gasteiger partial charge on any atom is -0.494 e. The standard InChI is InChI=1S/C20H17ClFN5O4/c1-9-17(27-20(29)31-9)19(28)26-15-6-11-14(7-16(15)30-2)23-8-24-18(11)25-10-3-4-13(22)12(21)5-10/h3-9,17H,1-2H3,(H,26,28)(H,27,29)(H,23,24,25). The average Bonchev–Trinajstić information content (AvgIpc) is 3.08. The van der Waals surface area contributed by atoms with E-state index in [1.54, 1.807) is 19.1 Å². The summed E-state index contributed by atoms with van der Waals surface area (Å²) in [5.74, 6) is -0.218. The topological polar surface area (TPSA) is 114 Å². The van der Waals surface area contributed by atoms with Gasteiger partial charge < -0.3 is 25.4 Å². The maximum atomic E-state index is 13.5. The first-order valence-corrected chi connectivity index (χ1v) is 9.56. The Morgan fingerprint density at radius 2 is 2.10 bits per heavy atom. The number of cyclic esters (lactones) is 1. The molecule has 1 aliphatic heterocycles. The van der Waals surface area contributed by atoms with Crippen LogP contribution in [0.15, 0.2) is 36.7 Å². The van der Waals surface area contributed by atoms with E-state index in [4.69, 9.17) is 21.1 Å². The predicted molar refractivity (Wildman–Crippen MR) is 112 cm³/mol. The molecular formula is C20H17ClFN5O4. The highest BCUT2D eigenvalue weighted by Gasteiger charge is 2.36. The third-order valence-electron chi connectivity index (χ3n) is 4.71. The molecule has 2 unspecified atom stereocenters. The summed E-state index contributed by atoms with van der Waals surface area (Å²) in [4.78, 5) is 32.5. The maximum absolute atomic E-state index is 13.5. The van der Waals surface area contributed by atoms with E-state index in [9.17, 15) is 14.0 Å². The molecule has 31 heavy (non-hydrogen) atoms. The number of fused-ring (bicyclic) bond motifs is 1. The molecule has 2 heterocycles. The molecule has 4 rings (SSSR count). The van der Waals surface area contributed by atoms with E-state index in [1.807, 2.05) is 0 Å². The van der Waals surface area contributed by atoms with Crippen molar-refractivity contribution in [2.75, 3.05) is 17.7 Å². The Labute approximate surface area is 180 Å². The van der Waals surface area contributed by atoms with Gasteiger partial charge in [0.05, 0.1) is 23.3 Å². The summed E-state index contributed by atoms with van der Waals surface area (Å²) < 4.78 is 23.8. The fourth-order valence-corrected chi connectivity index (χ4v) is 3.35. The number of carbonyl (C=O) groups is 2. The van der Waals surface area contributed by atoms with E-state index in [0.29, 0.717) is 33.8 Å². The second kappa shape index (κ2) is 8.23. The molecule has 0 saturated carbocycles. The van der Waals surface area contributed by atoms with Gasteiger partial charge in [-0.05, 0) is 31.2 Å². The summed E-state index contributed by atoms with van der Waals surface area (Å²) in [6.07, 6.45) is 0.0827. The number of aromatic nitrogens is 2. The molecule has 0 bridgehead atoms. The number of carbonyl (C=O) groups excluding carboxylic acids is 2. The van der Waals surface area contributed by atoms with E-state index in [2.05, 4.69) is 25.9 Å². The van der Waals surface area contributed by atoms with Gasteiger partial charge in [0.15, 0.2) is 0 Å². The molecule has 1 saturated heterocycles. The number of benzene rings is 2. The van der Waals surface area contributed by atoms with Gasteiger partial charge >= 0.3 is 6.09 Å². The normalized spacial score (nSPS) is 17.7. The molecule has 3 aromatic rings. The molecule has 0 spiro atoms. The quantitative estimate of drug-likeness (QED) is 0.549. The van der Waals surface area contributed by atoms with E-state index in [0.717, 1.165) is 0 Å². The maximum Gasteiger partial charge on any atom is 0.408 e. The first-order chi connectivity index (χ1) is 14.9. The van der Waals surface area contributed by atoms with Crippen molar-refractivity contribution in [3.63, 3.8) is 0 Å². The largest absolute Gasteiger partial charge is 0.494 e. The third-order valence-corrected chi connectivity index (χ3v) is 5.00. The highest BCUT2D eigenvalue weighted by molar-refractivity contribution is 6.31. The zero-order valence-corrected chi connectivity index (χ0v) is 17.2. The van der Waals surface area contributed by atoms with Crippen LogP contribution in [-0.4, -0.2) is 41.2 Å². The molecule has 11 heteroatoms. The number of halogens is 2. The second-order valence-electron chi connectivity index (χ2n) is 6.77. The summed E-state index contributed by atoms with van der Waals surface area (Å²) in [6, 6.07) is 6.62. The average molecular weight is 446 g/mol. The van der Waals surface area contributed by atoms with Crippen LogP contribution in [0.4, 0.5) is 26.4 Å². The van der Waals surface area contributed by atoms with Crippen LogP contribution in [0.2, 0.25) is 5.02 Å². The number of nitrogens with zero attached hydrogens (tertiary/aromatic N) is 2. The molecule has 160 valence electrons. The smallest absolute Gasteiger partial charge is 0.408 e. The fourth-order valence-electron chi connectivity index (χ4n) is 3.17. The summed E-state index contributed by atoms with van der Waals surface area (Å²) in [6.45, 7) is 1.61. The lowest BCUT2D eigenvalue weighted by Crippen LogP contribution is -2.42. The Morgan fingerprint density at radius 3 is 2.77 bits per heavy atom. The highest BCUT2D eigenvalue weighted by Crippen LogP contribution is 2.34. The Morgan fingerprint density at radius 1 is 1.29 bits per heavy atom. The van der Waals surface area contributed by atoms with Gasteiger partial charge in [0, 0.05) is 17.1 Å². The zero-order valence-electron chi connectivity index (χ0n) is 16.4. The van der Waals surface area contributed by atoms with E-state index in [1.165, 1.54) is 31.6 Å². The van der Waals surface area contributed by atoms with Crippen molar-refractivity contribution >= 4 is 51.7 Å². The van der Waals surface area contributed by atoms with Gasteiger partial charge in [-0.2, -0.15) is 0 Å². The van der Waals surface area contributed by atoms with Crippen molar-refractivity contribution in [1.29, 1.82) is 0 Å². The van der Waals surface area contributed by atoms with E-state index < -0.39 is 30.0 Å². The van der Waals surface area contributed by atoms with Gasteiger partial charge in [0.1, 0.15) is 35.9 Å². The van der Waals surface area contributed by atoms with Crippen LogP contribution in [0.1, 0.15) is 6.92 Å². The molecule has 2 atom stereocenters. The number of amides is 2. The lowest BCUT2D eigenvalue weighted by molar-refractivity contribution is -0.118. The molecule has 3 N–H and O–H groups in total. The van der Waals surface area contributed by atoms with Crippen molar-refractivity contribution in [2.45, 2.75) is 19.1 Å². The van der Waals surface area contributed by atoms with Gasteiger partial charge in [-0.25, -0.2) is 19.2 Å². The van der Waals surface area contributed by atoms with Crippen LogP contribution in [0.5, 0.6) is 5.75 Å². The predicted octanol–water partition coefficient (Wildman–Crippen LogP) is 3.61. The molecule has 1 aliphatic rings. The number of rotatable bonds is 5. The third kappa shape index (κ3) is 4.15. The zero-order chi connectivity index (χ0) is 22.1. The molecule has 2 amide bonds. The Hall–Kier alpha value is -3.66. The number of hydrogen-bond acceptors (Lipinski definition) is 7. The number of methoxy groups -OCH3 is 1. The molecule has 9 nitrogen and oxygen atoms in total. The summed E-state index contributed by atoms with van der Waals surface area (Å²) in [5.41, 5.74) is 1.42. The Bertz CT molecular complexity index is 1190. The van der Waals surface area contributed by atoms with Crippen molar-refractivity contribution in [1.82, 2.24) is 15.3 Å². The van der Waals surface area contributed by atoms with Gasteiger partial charge in [-0.15, -0.1) is 0 Å². The number of hydrogen-bond donors (Lipinski definition) is 3. The van der Waals surface area contributed by atoms with Gasteiger partial charge in [-0.1, -0.05) is 11.6 Å². The summed E-state index contributed by atoms with van der Waals surface area (Å²) >= 11 is 5.85. The molecule has 0 aliphatic carbocycles. The Balaban J connectivity index is 1.69. The second-order valence-corrected chi connectivity index (χ2v) is 7.17. The first-order valence-electron chi connectivity index (χ1n) is 9.18. The van der Waals surface area contributed by atoms with Crippen molar-refractivity contribution in [2.24, 2.45) is 0 Å². The SMILES string of the molecule is COc1cc2ncnc(Nc3ccc(F)c(Cl)c3)c2cc1NC(=O)C1NC(=O)OC1C. The monoisotopic (exact) mass is 445 g/mol. The summed E-state index contributed by atoms with van der Waals surface area (Å²) in [5, 5.41) is 8.80. The van der Waals surface area contributed by atoms with E-state index >= 15 is 0 Å².